The lowest BCUT2D eigenvalue weighted by Gasteiger charge is -2.33. The number of hydrogen-bond donors (Lipinski definition) is 2. The second-order valence-electron chi connectivity index (χ2n) is 9.28. The Kier molecular flexibility index (Phi) is 9.07. The molecule has 31 heavy (non-hydrogen) atoms. The van der Waals surface area contributed by atoms with E-state index in [1.807, 2.05) is 18.2 Å². The molecular weight excluding hydrogens is 403 g/mol. The zero-order chi connectivity index (χ0) is 22.3. The fraction of sp³-hybridized carbons (Fsp3) is 0.556. The summed E-state index contributed by atoms with van der Waals surface area (Å²) in [5, 5.41) is 20.5. The monoisotopic (exact) mass is 440 g/mol. The molecule has 1 aliphatic rings. The summed E-state index contributed by atoms with van der Waals surface area (Å²) in [7, 11) is -1.44. The summed E-state index contributed by atoms with van der Waals surface area (Å²) in [6, 6.07) is 12.3. The molecule has 0 aliphatic heterocycles. The number of hydrogen-bond acceptors (Lipinski definition) is 2. The molecule has 0 saturated carbocycles. The topological polar surface area (TPSA) is 40.5 Å². The molecule has 0 heterocycles. The van der Waals surface area contributed by atoms with Gasteiger partial charge in [0.25, 0.3) is 0 Å². The molecule has 0 spiro atoms. The van der Waals surface area contributed by atoms with E-state index in [2.05, 4.69) is 32.0 Å². The maximum atomic E-state index is 9.87. The molecule has 0 unspecified atom stereocenters. The average Bonchev–Trinajstić information content (AvgIpc) is 3.02. The molecule has 2 aromatic carbocycles. The van der Waals surface area contributed by atoms with Crippen molar-refractivity contribution in [3.63, 3.8) is 0 Å². The van der Waals surface area contributed by atoms with Gasteiger partial charge in [0.05, 0.1) is 0 Å². The van der Waals surface area contributed by atoms with E-state index >= 15 is 0 Å². The minimum Gasteiger partial charge on any atom is -0.423 e. The van der Waals surface area contributed by atoms with E-state index < -0.39 is 7.12 Å². The predicted octanol–water partition coefficient (Wildman–Crippen LogP) is 7.01. The standard InChI is InChI=1S/C27H38BClO2/c1-3-5-7-9-11-17-27(18-12-10-8-6-4-2)25-19-21(28(30)31)13-15-23(25)24-16-14-22(29)20-26(24)27/h13-16,19-20,30-31H,3-12,17-18H2,1-2H3. The van der Waals surface area contributed by atoms with E-state index in [4.69, 9.17) is 11.6 Å². The molecule has 0 atom stereocenters. The lowest BCUT2D eigenvalue weighted by molar-refractivity contribution is 0.398. The molecular formula is C27H38BClO2. The third kappa shape index (κ3) is 5.56. The highest BCUT2D eigenvalue weighted by atomic mass is 35.5. The molecule has 2 nitrogen and oxygen atoms in total. The first kappa shape index (κ1) is 24.4. The van der Waals surface area contributed by atoms with Crippen molar-refractivity contribution in [3.8, 4) is 11.1 Å². The summed E-state index contributed by atoms with van der Waals surface area (Å²) in [5.74, 6) is 0. The Balaban J connectivity index is 1.99. The van der Waals surface area contributed by atoms with Crippen LogP contribution in [0.2, 0.25) is 5.02 Å². The van der Waals surface area contributed by atoms with Gasteiger partial charge >= 0.3 is 7.12 Å². The Morgan fingerprint density at radius 2 is 1.23 bits per heavy atom. The van der Waals surface area contributed by atoms with E-state index in [-0.39, 0.29) is 5.41 Å². The van der Waals surface area contributed by atoms with Crippen molar-refractivity contribution in [2.24, 2.45) is 0 Å². The summed E-state index contributed by atoms with van der Waals surface area (Å²) in [5.41, 5.74) is 5.60. The Bertz CT molecular complexity index is 835. The van der Waals surface area contributed by atoms with Gasteiger partial charge in [-0.05, 0) is 52.7 Å². The first-order valence-corrected chi connectivity index (χ1v) is 12.7. The molecule has 1 aliphatic carbocycles. The Labute approximate surface area is 194 Å². The average molecular weight is 441 g/mol. The fourth-order valence-corrected chi connectivity index (χ4v) is 5.54. The van der Waals surface area contributed by atoms with Gasteiger partial charge in [0.1, 0.15) is 0 Å². The van der Waals surface area contributed by atoms with Crippen molar-refractivity contribution in [2.75, 3.05) is 0 Å². The largest absolute Gasteiger partial charge is 0.488 e. The van der Waals surface area contributed by atoms with Crippen molar-refractivity contribution >= 4 is 24.2 Å². The third-order valence-electron chi connectivity index (χ3n) is 7.06. The summed E-state index contributed by atoms with van der Waals surface area (Å²) >= 11 is 6.50. The SMILES string of the molecule is CCCCCCCC1(CCCCCCC)c2cc(Cl)ccc2-c2ccc(B(O)O)cc21. The predicted molar refractivity (Wildman–Crippen MR) is 134 cm³/mol. The summed E-state index contributed by atoms with van der Waals surface area (Å²) < 4.78 is 0. The number of unbranched alkanes of at least 4 members (excludes halogenated alkanes) is 8. The molecule has 168 valence electrons. The third-order valence-corrected chi connectivity index (χ3v) is 7.29. The van der Waals surface area contributed by atoms with E-state index in [1.54, 1.807) is 0 Å². The maximum absolute atomic E-state index is 9.87. The smallest absolute Gasteiger partial charge is 0.423 e. The Hall–Kier alpha value is -1.29. The first-order chi connectivity index (χ1) is 15.0. The highest BCUT2D eigenvalue weighted by Gasteiger charge is 2.42. The van der Waals surface area contributed by atoms with Gasteiger partial charge in [-0.3, -0.25) is 0 Å². The number of benzene rings is 2. The maximum Gasteiger partial charge on any atom is 0.488 e. The highest BCUT2D eigenvalue weighted by Crippen LogP contribution is 2.54. The van der Waals surface area contributed by atoms with Gasteiger partial charge in [-0.15, -0.1) is 0 Å². The van der Waals surface area contributed by atoms with Crippen molar-refractivity contribution < 1.29 is 10.0 Å². The lowest BCUT2D eigenvalue weighted by atomic mass is 9.68. The van der Waals surface area contributed by atoms with Crippen molar-refractivity contribution in [2.45, 2.75) is 96.3 Å². The quantitative estimate of drug-likeness (QED) is 0.260. The number of halogens is 1. The van der Waals surface area contributed by atoms with Crippen molar-refractivity contribution in [3.05, 3.63) is 52.5 Å². The van der Waals surface area contributed by atoms with Crippen LogP contribution in [0.4, 0.5) is 0 Å². The summed E-state index contributed by atoms with van der Waals surface area (Å²) in [6.07, 6.45) is 14.7. The van der Waals surface area contributed by atoms with Crippen LogP contribution in [0, 0.1) is 0 Å². The molecule has 2 N–H and O–H groups in total. The first-order valence-electron chi connectivity index (χ1n) is 12.3. The molecule has 0 amide bonds. The molecule has 4 heteroatoms. The van der Waals surface area contributed by atoms with Gasteiger partial charge in [-0.2, -0.15) is 0 Å². The molecule has 0 bridgehead atoms. The van der Waals surface area contributed by atoms with Crippen LogP contribution < -0.4 is 5.46 Å². The molecule has 0 radical (unpaired) electrons. The van der Waals surface area contributed by atoms with Crippen molar-refractivity contribution in [1.82, 2.24) is 0 Å². The molecule has 2 aromatic rings. The second-order valence-corrected chi connectivity index (χ2v) is 9.72. The van der Waals surface area contributed by atoms with Gasteiger partial charge < -0.3 is 10.0 Å². The van der Waals surface area contributed by atoms with Crippen LogP contribution in [0.25, 0.3) is 11.1 Å². The Morgan fingerprint density at radius 1 is 0.710 bits per heavy atom. The molecule has 3 rings (SSSR count). The van der Waals surface area contributed by atoms with E-state index in [0.29, 0.717) is 5.46 Å². The lowest BCUT2D eigenvalue weighted by Crippen LogP contribution is -2.32. The zero-order valence-electron chi connectivity index (χ0n) is 19.3. The number of fused-ring (bicyclic) bond motifs is 3. The zero-order valence-corrected chi connectivity index (χ0v) is 20.1. The van der Waals surface area contributed by atoms with E-state index in [1.165, 1.54) is 86.5 Å². The summed E-state index contributed by atoms with van der Waals surface area (Å²) in [4.78, 5) is 0. The van der Waals surface area contributed by atoms with Crippen LogP contribution in [-0.4, -0.2) is 17.2 Å². The fourth-order valence-electron chi connectivity index (χ4n) is 5.37. The van der Waals surface area contributed by atoms with E-state index in [0.717, 1.165) is 17.9 Å². The van der Waals surface area contributed by atoms with Gasteiger partial charge in [-0.25, -0.2) is 0 Å². The minimum absolute atomic E-state index is 0.0844. The molecule has 0 saturated heterocycles. The van der Waals surface area contributed by atoms with Crippen LogP contribution in [0.1, 0.15) is 102 Å². The Morgan fingerprint density at radius 3 is 1.77 bits per heavy atom. The van der Waals surface area contributed by atoms with Gasteiger partial charge in [-0.1, -0.05) is 114 Å². The van der Waals surface area contributed by atoms with Crippen LogP contribution in [0.5, 0.6) is 0 Å². The minimum atomic E-state index is -1.44. The van der Waals surface area contributed by atoms with Gasteiger partial charge in [0, 0.05) is 10.4 Å². The van der Waals surface area contributed by atoms with E-state index in [9.17, 15) is 10.0 Å². The van der Waals surface area contributed by atoms with Crippen LogP contribution in [-0.2, 0) is 5.41 Å². The van der Waals surface area contributed by atoms with Crippen LogP contribution >= 0.6 is 11.6 Å². The molecule has 0 aromatic heterocycles. The summed E-state index contributed by atoms with van der Waals surface area (Å²) in [6.45, 7) is 4.51. The highest BCUT2D eigenvalue weighted by molar-refractivity contribution is 6.58. The van der Waals surface area contributed by atoms with Crippen LogP contribution in [0.3, 0.4) is 0 Å². The van der Waals surface area contributed by atoms with Crippen LogP contribution in [0.15, 0.2) is 36.4 Å². The van der Waals surface area contributed by atoms with Gasteiger partial charge in [0.2, 0.25) is 0 Å². The van der Waals surface area contributed by atoms with Gasteiger partial charge in [0.15, 0.2) is 0 Å². The number of rotatable bonds is 13. The molecule has 0 fully saturated rings. The second kappa shape index (κ2) is 11.5. The van der Waals surface area contributed by atoms with Crippen molar-refractivity contribution in [1.29, 1.82) is 0 Å². The normalized spacial score (nSPS) is 13.8.